The SMILES string of the molecule is Oc1ccccc1-n1c(-c2cccnc2)nc2cccnc21. The Bertz CT molecular complexity index is 947. The third-order valence-electron chi connectivity index (χ3n) is 3.46. The van der Waals surface area contributed by atoms with E-state index in [1.54, 1.807) is 30.7 Å². The Morgan fingerprint density at radius 3 is 2.59 bits per heavy atom. The van der Waals surface area contributed by atoms with Gasteiger partial charge < -0.3 is 5.11 Å². The second kappa shape index (κ2) is 4.96. The lowest BCUT2D eigenvalue weighted by Gasteiger charge is -2.10. The third-order valence-corrected chi connectivity index (χ3v) is 3.46. The van der Waals surface area contributed by atoms with E-state index in [1.165, 1.54) is 0 Å². The minimum absolute atomic E-state index is 0.178. The molecule has 1 N–H and O–H groups in total. The number of fused-ring (bicyclic) bond motifs is 1. The third kappa shape index (κ3) is 1.91. The van der Waals surface area contributed by atoms with Gasteiger partial charge in [-0.2, -0.15) is 0 Å². The standard InChI is InChI=1S/C17H12N4O/c22-15-8-2-1-7-14(15)21-16(12-5-3-9-18-11-12)20-13-6-4-10-19-17(13)21/h1-11,22H. The van der Waals surface area contributed by atoms with Crippen molar-refractivity contribution < 1.29 is 5.11 Å². The number of rotatable bonds is 2. The smallest absolute Gasteiger partial charge is 0.165 e. The summed E-state index contributed by atoms with van der Waals surface area (Å²) in [5.41, 5.74) is 2.97. The summed E-state index contributed by atoms with van der Waals surface area (Å²) < 4.78 is 1.85. The minimum Gasteiger partial charge on any atom is -0.506 e. The van der Waals surface area contributed by atoms with Gasteiger partial charge in [0.1, 0.15) is 17.1 Å². The molecule has 0 unspecified atom stereocenters. The van der Waals surface area contributed by atoms with Crippen molar-refractivity contribution in [2.24, 2.45) is 0 Å². The summed E-state index contributed by atoms with van der Waals surface area (Å²) in [5, 5.41) is 10.2. The lowest BCUT2D eigenvalue weighted by molar-refractivity contribution is 0.472. The van der Waals surface area contributed by atoms with Crippen molar-refractivity contribution in [1.82, 2.24) is 19.5 Å². The maximum absolute atomic E-state index is 10.2. The molecule has 5 nitrogen and oxygen atoms in total. The van der Waals surface area contributed by atoms with Crippen molar-refractivity contribution in [3.05, 3.63) is 67.1 Å². The summed E-state index contributed by atoms with van der Waals surface area (Å²) in [6.07, 6.45) is 5.18. The fourth-order valence-electron chi connectivity index (χ4n) is 2.48. The van der Waals surface area contributed by atoms with E-state index < -0.39 is 0 Å². The van der Waals surface area contributed by atoms with Crippen LogP contribution in [0.3, 0.4) is 0 Å². The maximum Gasteiger partial charge on any atom is 0.165 e. The zero-order valence-electron chi connectivity index (χ0n) is 11.6. The number of aromatic nitrogens is 4. The number of imidazole rings is 1. The van der Waals surface area contributed by atoms with Gasteiger partial charge in [-0.25, -0.2) is 9.97 Å². The topological polar surface area (TPSA) is 63.8 Å². The molecule has 0 fully saturated rings. The van der Waals surface area contributed by atoms with Crippen LogP contribution in [0, 0.1) is 0 Å². The van der Waals surface area contributed by atoms with E-state index in [-0.39, 0.29) is 5.75 Å². The van der Waals surface area contributed by atoms with Gasteiger partial charge >= 0.3 is 0 Å². The molecule has 0 aliphatic carbocycles. The summed E-state index contributed by atoms with van der Waals surface area (Å²) in [6, 6.07) is 14.7. The van der Waals surface area contributed by atoms with Crippen LogP contribution in [0.15, 0.2) is 67.1 Å². The second-order valence-electron chi connectivity index (χ2n) is 4.85. The number of aromatic hydroxyl groups is 1. The van der Waals surface area contributed by atoms with E-state index in [0.717, 1.165) is 11.1 Å². The molecule has 22 heavy (non-hydrogen) atoms. The number of para-hydroxylation sites is 2. The van der Waals surface area contributed by atoms with Crippen LogP contribution in [0.1, 0.15) is 0 Å². The van der Waals surface area contributed by atoms with Gasteiger partial charge in [-0.15, -0.1) is 0 Å². The fourth-order valence-corrected chi connectivity index (χ4v) is 2.48. The van der Waals surface area contributed by atoms with Gasteiger partial charge in [0.15, 0.2) is 5.65 Å². The van der Waals surface area contributed by atoms with Gasteiger partial charge in [0, 0.05) is 24.2 Å². The summed E-state index contributed by atoms with van der Waals surface area (Å²) in [4.78, 5) is 13.2. The highest BCUT2D eigenvalue weighted by Gasteiger charge is 2.16. The molecular formula is C17H12N4O. The number of hydrogen-bond donors (Lipinski definition) is 1. The summed E-state index contributed by atoms with van der Waals surface area (Å²) >= 11 is 0. The first-order chi connectivity index (χ1) is 10.8. The van der Waals surface area contributed by atoms with Crippen molar-refractivity contribution in [3.8, 4) is 22.8 Å². The Morgan fingerprint density at radius 1 is 0.909 bits per heavy atom. The molecule has 0 atom stereocenters. The summed E-state index contributed by atoms with van der Waals surface area (Å²) in [7, 11) is 0. The van der Waals surface area contributed by atoms with E-state index >= 15 is 0 Å². The summed E-state index contributed by atoms with van der Waals surface area (Å²) in [5.74, 6) is 0.876. The average Bonchev–Trinajstić information content (AvgIpc) is 2.95. The molecule has 0 saturated heterocycles. The molecule has 0 saturated carbocycles. The van der Waals surface area contributed by atoms with Gasteiger partial charge in [-0.05, 0) is 36.4 Å². The highest BCUT2D eigenvalue weighted by molar-refractivity contribution is 5.80. The van der Waals surface area contributed by atoms with E-state index in [4.69, 9.17) is 0 Å². The quantitative estimate of drug-likeness (QED) is 0.615. The number of pyridine rings is 2. The zero-order valence-corrected chi connectivity index (χ0v) is 11.6. The van der Waals surface area contributed by atoms with Crippen LogP contribution in [-0.4, -0.2) is 24.6 Å². The molecule has 0 spiro atoms. The molecule has 3 heterocycles. The molecule has 0 amide bonds. The second-order valence-corrected chi connectivity index (χ2v) is 4.85. The number of phenols is 1. The van der Waals surface area contributed by atoms with Crippen LogP contribution in [-0.2, 0) is 0 Å². The summed E-state index contributed by atoms with van der Waals surface area (Å²) in [6.45, 7) is 0. The van der Waals surface area contributed by atoms with Crippen molar-refractivity contribution in [3.63, 3.8) is 0 Å². The van der Waals surface area contributed by atoms with Gasteiger partial charge in [0.25, 0.3) is 0 Å². The highest BCUT2D eigenvalue weighted by Crippen LogP contribution is 2.30. The van der Waals surface area contributed by atoms with Crippen LogP contribution in [0.4, 0.5) is 0 Å². The molecule has 0 aliphatic rings. The molecule has 1 aromatic carbocycles. The fraction of sp³-hybridized carbons (Fsp3) is 0. The van der Waals surface area contributed by atoms with Crippen LogP contribution in [0.25, 0.3) is 28.2 Å². The molecule has 0 aliphatic heterocycles. The average molecular weight is 288 g/mol. The molecule has 0 bridgehead atoms. The monoisotopic (exact) mass is 288 g/mol. The number of benzene rings is 1. The van der Waals surface area contributed by atoms with Gasteiger partial charge in [-0.1, -0.05) is 12.1 Å². The zero-order chi connectivity index (χ0) is 14.9. The molecular weight excluding hydrogens is 276 g/mol. The Morgan fingerprint density at radius 2 is 1.77 bits per heavy atom. The van der Waals surface area contributed by atoms with Gasteiger partial charge in [-0.3, -0.25) is 9.55 Å². The van der Waals surface area contributed by atoms with Crippen LogP contribution >= 0.6 is 0 Å². The molecule has 5 heteroatoms. The molecule has 4 aromatic rings. The van der Waals surface area contributed by atoms with Gasteiger partial charge in [0.2, 0.25) is 0 Å². The lowest BCUT2D eigenvalue weighted by atomic mass is 10.2. The largest absolute Gasteiger partial charge is 0.506 e. The van der Waals surface area contributed by atoms with E-state index in [2.05, 4.69) is 15.0 Å². The Balaban J connectivity index is 2.10. The first kappa shape index (κ1) is 12.5. The number of hydrogen-bond acceptors (Lipinski definition) is 4. The van der Waals surface area contributed by atoms with Crippen molar-refractivity contribution in [2.75, 3.05) is 0 Å². The lowest BCUT2D eigenvalue weighted by Crippen LogP contribution is -1.99. The Labute approximate surface area is 126 Å². The Hall–Kier alpha value is -3.21. The van der Waals surface area contributed by atoms with Crippen molar-refractivity contribution >= 4 is 11.2 Å². The predicted octanol–water partition coefficient (Wildman–Crippen LogP) is 3.19. The number of nitrogens with zero attached hydrogens (tertiary/aromatic N) is 4. The normalized spacial score (nSPS) is 10.9. The predicted molar refractivity (Wildman–Crippen MR) is 83.8 cm³/mol. The van der Waals surface area contributed by atoms with E-state index in [0.29, 0.717) is 17.2 Å². The highest BCUT2D eigenvalue weighted by atomic mass is 16.3. The van der Waals surface area contributed by atoms with E-state index in [1.807, 2.05) is 41.0 Å². The van der Waals surface area contributed by atoms with Crippen LogP contribution < -0.4 is 0 Å². The molecule has 106 valence electrons. The van der Waals surface area contributed by atoms with E-state index in [9.17, 15) is 5.11 Å². The molecule has 4 rings (SSSR count). The minimum atomic E-state index is 0.178. The van der Waals surface area contributed by atoms with Gasteiger partial charge in [0.05, 0.1) is 5.69 Å². The van der Waals surface area contributed by atoms with Crippen LogP contribution in [0.2, 0.25) is 0 Å². The van der Waals surface area contributed by atoms with Crippen molar-refractivity contribution in [1.29, 1.82) is 0 Å². The van der Waals surface area contributed by atoms with Crippen LogP contribution in [0.5, 0.6) is 5.75 Å². The molecule has 3 aromatic heterocycles. The van der Waals surface area contributed by atoms with Crippen molar-refractivity contribution in [2.45, 2.75) is 0 Å². The first-order valence-electron chi connectivity index (χ1n) is 6.87. The molecule has 0 radical (unpaired) electrons. The first-order valence-corrected chi connectivity index (χ1v) is 6.87. The maximum atomic E-state index is 10.2. The Kier molecular flexibility index (Phi) is 2.83. The number of phenolic OH excluding ortho intramolecular Hbond substituents is 1.